The van der Waals surface area contributed by atoms with Gasteiger partial charge in [0.05, 0.1) is 5.69 Å². The summed E-state index contributed by atoms with van der Waals surface area (Å²) in [6.45, 7) is 6.90. The van der Waals surface area contributed by atoms with E-state index in [0.29, 0.717) is 11.3 Å². The molecule has 0 fully saturated rings. The summed E-state index contributed by atoms with van der Waals surface area (Å²) in [5, 5.41) is 0. The largest absolute Gasteiger partial charge is 0.316 e. The van der Waals surface area contributed by atoms with Crippen LogP contribution in [0.5, 0.6) is 0 Å². The Kier molecular flexibility index (Phi) is 5.47. The number of aryl methyl sites for hydroxylation is 2. The van der Waals surface area contributed by atoms with E-state index in [1.165, 1.54) is 40.0 Å². The second kappa shape index (κ2) is 7.79. The minimum Gasteiger partial charge on any atom is -0.316 e. The van der Waals surface area contributed by atoms with Gasteiger partial charge >= 0.3 is 0 Å². The molecule has 5 heteroatoms. The van der Waals surface area contributed by atoms with Crippen molar-refractivity contribution in [1.29, 1.82) is 0 Å². The summed E-state index contributed by atoms with van der Waals surface area (Å²) < 4.78 is 15.5. The number of thiazole rings is 1. The number of hydrogen-bond acceptors (Lipinski definition) is 2. The van der Waals surface area contributed by atoms with E-state index in [4.69, 9.17) is 0 Å². The Morgan fingerprint density at radius 1 is 1.15 bits per heavy atom. The van der Waals surface area contributed by atoms with Gasteiger partial charge in [-0.3, -0.25) is 4.79 Å². The van der Waals surface area contributed by atoms with E-state index in [0.717, 1.165) is 17.7 Å². The van der Waals surface area contributed by atoms with Gasteiger partial charge < -0.3 is 4.57 Å². The standard InChI is InChI=1S/C21H21FN2OS/c1-4-18-19(15-11-9-14(3)10-12-15)24(5-2)21(26-18)23-20(25)16-7-6-8-17(22)13-16/h6-13H,4-5H2,1-3H3. The van der Waals surface area contributed by atoms with Crippen LogP contribution in [0.4, 0.5) is 4.39 Å². The lowest BCUT2D eigenvalue weighted by molar-refractivity contribution is 0.0997. The van der Waals surface area contributed by atoms with Crippen molar-refractivity contribution in [3.8, 4) is 11.3 Å². The molecular weight excluding hydrogens is 347 g/mol. The van der Waals surface area contributed by atoms with Crippen molar-refractivity contribution in [3.63, 3.8) is 0 Å². The maximum Gasteiger partial charge on any atom is 0.279 e. The summed E-state index contributed by atoms with van der Waals surface area (Å²) >= 11 is 1.52. The van der Waals surface area contributed by atoms with Crippen molar-refractivity contribution in [2.24, 2.45) is 4.99 Å². The van der Waals surface area contributed by atoms with Gasteiger partial charge in [0.1, 0.15) is 5.82 Å². The predicted octanol–water partition coefficient (Wildman–Crippen LogP) is 4.99. The second-order valence-electron chi connectivity index (χ2n) is 6.05. The molecular formula is C21H21FN2OS. The van der Waals surface area contributed by atoms with Gasteiger partial charge in [-0.1, -0.05) is 42.8 Å². The summed E-state index contributed by atoms with van der Waals surface area (Å²) in [5.41, 5.74) is 3.68. The van der Waals surface area contributed by atoms with E-state index in [2.05, 4.69) is 47.7 Å². The molecule has 3 nitrogen and oxygen atoms in total. The van der Waals surface area contributed by atoms with Crippen LogP contribution in [0.3, 0.4) is 0 Å². The molecule has 3 aromatic rings. The molecule has 0 atom stereocenters. The minimum atomic E-state index is -0.435. The van der Waals surface area contributed by atoms with Gasteiger partial charge in [0.25, 0.3) is 5.91 Å². The van der Waals surface area contributed by atoms with E-state index in [1.807, 2.05) is 6.92 Å². The minimum absolute atomic E-state index is 0.260. The van der Waals surface area contributed by atoms with Crippen molar-refractivity contribution < 1.29 is 9.18 Å². The first-order valence-corrected chi connectivity index (χ1v) is 9.49. The molecule has 0 saturated heterocycles. The average Bonchev–Trinajstić information content (AvgIpc) is 2.99. The summed E-state index contributed by atoms with van der Waals surface area (Å²) in [7, 11) is 0. The van der Waals surface area contributed by atoms with E-state index >= 15 is 0 Å². The van der Waals surface area contributed by atoms with E-state index in [-0.39, 0.29) is 5.56 Å². The zero-order valence-electron chi connectivity index (χ0n) is 15.1. The third kappa shape index (κ3) is 3.68. The molecule has 26 heavy (non-hydrogen) atoms. The Hall–Kier alpha value is -2.53. The number of hydrogen-bond donors (Lipinski definition) is 0. The third-order valence-electron chi connectivity index (χ3n) is 4.21. The molecule has 0 aliphatic heterocycles. The van der Waals surface area contributed by atoms with Gasteiger partial charge in [-0.05, 0) is 44.0 Å². The Labute approximate surface area is 156 Å². The molecule has 0 spiro atoms. The van der Waals surface area contributed by atoms with Crippen LogP contribution in [0.15, 0.2) is 53.5 Å². The Morgan fingerprint density at radius 3 is 2.50 bits per heavy atom. The van der Waals surface area contributed by atoms with Gasteiger partial charge in [-0.2, -0.15) is 4.99 Å². The quantitative estimate of drug-likeness (QED) is 0.639. The van der Waals surface area contributed by atoms with Crippen molar-refractivity contribution in [1.82, 2.24) is 4.57 Å². The number of halogens is 1. The van der Waals surface area contributed by atoms with Gasteiger partial charge in [0, 0.05) is 17.0 Å². The molecule has 0 aliphatic carbocycles. The zero-order valence-corrected chi connectivity index (χ0v) is 15.9. The fourth-order valence-corrected chi connectivity index (χ4v) is 4.03. The van der Waals surface area contributed by atoms with Crippen molar-refractivity contribution in [2.45, 2.75) is 33.7 Å². The molecule has 1 heterocycles. The first-order valence-electron chi connectivity index (χ1n) is 8.67. The normalized spacial score (nSPS) is 11.8. The zero-order chi connectivity index (χ0) is 18.7. The van der Waals surface area contributed by atoms with Crippen molar-refractivity contribution in [2.75, 3.05) is 0 Å². The van der Waals surface area contributed by atoms with Crippen LogP contribution in [0, 0.1) is 12.7 Å². The molecule has 2 aromatic carbocycles. The van der Waals surface area contributed by atoms with Crippen LogP contribution in [-0.2, 0) is 13.0 Å². The molecule has 134 valence electrons. The van der Waals surface area contributed by atoms with Crippen molar-refractivity contribution >= 4 is 17.2 Å². The second-order valence-corrected chi connectivity index (χ2v) is 7.11. The highest BCUT2D eigenvalue weighted by molar-refractivity contribution is 7.09. The number of carbonyl (C=O) groups excluding carboxylic acids is 1. The summed E-state index contributed by atoms with van der Waals surface area (Å²) in [5.74, 6) is -0.860. The lowest BCUT2D eigenvalue weighted by Crippen LogP contribution is -2.17. The highest BCUT2D eigenvalue weighted by atomic mass is 32.1. The third-order valence-corrected chi connectivity index (χ3v) is 5.43. The number of nitrogens with zero attached hydrogens (tertiary/aromatic N) is 2. The molecule has 0 radical (unpaired) electrons. The maximum atomic E-state index is 13.4. The highest BCUT2D eigenvalue weighted by Crippen LogP contribution is 2.27. The lowest BCUT2D eigenvalue weighted by atomic mass is 10.1. The molecule has 0 aliphatic rings. The number of amides is 1. The number of carbonyl (C=O) groups is 1. The van der Waals surface area contributed by atoms with Crippen LogP contribution in [0.1, 0.15) is 34.6 Å². The monoisotopic (exact) mass is 368 g/mol. The summed E-state index contributed by atoms with van der Waals surface area (Å²) in [6.07, 6.45) is 0.859. The molecule has 0 saturated carbocycles. The number of benzene rings is 2. The van der Waals surface area contributed by atoms with Crippen LogP contribution in [-0.4, -0.2) is 10.5 Å². The van der Waals surface area contributed by atoms with Crippen LogP contribution >= 0.6 is 11.3 Å². The Bertz CT molecular complexity index is 1000. The topological polar surface area (TPSA) is 34.4 Å². The number of rotatable bonds is 4. The summed E-state index contributed by atoms with van der Waals surface area (Å²) in [4.78, 5) is 18.6. The molecule has 3 rings (SSSR count). The molecule has 0 unspecified atom stereocenters. The van der Waals surface area contributed by atoms with Crippen LogP contribution in [0.2, 0.25) is 0 Å². The van der Waals surface area contributed by atoms with Gasteiger partial charge in [0.15, 0.2) is 4.80 Å². The van der Waals surface area contributed by atoms with E-state index < -0.39 is 11.7 Å². The predicted molar refractivity (Wildman–Crippen MR) is 104 cm³/mol. The van der Waals surface area contributed by atoms with Crippen LogP contribution < -0.4 is 4.80 Å². The lowest BCUT2D eigenvalue weighted by Gasteiger charge is -2.09. The Balaban J connectivity index is 2.13. The SMILES string of the molecule is CCc1sc(=NC(=O)c2cccc(F)c2)n(CC)c1-c1ccc(C)cc1. The number of aromatic nitrogens is 1. The highest BCUT2D eigenvalue weighted by Gasteiger charge is 2.15. The van der Waals surface area contributed by atoms with Crippen molar-refractivity contribution in [3.05, 3.63) is 75.2 Å². The fraction of sp³-hybridized carbons (Fsp3) is 0.238. The molecule has 1 amide bonds. The molecule has 0 bridgehead atoms. The average molecular weight is 368 g/mol. The van der Waals surface area contributed by atoms with Crippen LogP contribution in [0.25, 0.3) is 11.3 Å². The fourth-order valence-electron chi connectivity index (χ4n) is 2.88. The van der Waals surface area contributed by atoms with Gasteiger partial charge in [0.2, 0.25) is 0 Å². The smallest absolute Gasteiger partial charge is 0.279 e. The first-order chi connectivity index (χ1) is 12.5. The molecule has 1 aromatic heterocycles. The Morgan fingerprint density at radius 2 is 1.88 bits per heavy atom. The van der Waals surface area contributed by atoms with Gasteiger partial charge in [-0.15, -0.1) is 11.3 Å². The molecule has 0 N–H and O–H groups in total. The first kappa shape index (κ1) is 18.3. The van der Waals surface area contributed by atoms with E-state index in [1.54, 1.807) is 6.07 Å². The van der Waals surface area contributed by atoms with Gasteiger partial charge in [-0.25, -0.2) is 4.39 Å². The maximum absolute atomic E-state index is 13.4. The summed E-state index contributed by atoms with van der Waals surface area (Å²) in [6, 6.07) is 14.0. The van der Waals surface area contributed by atoms with E-state index in [9.17, 15) is 9.18 Å².